The standard InChI is InChI=1S/C14H17N3O2/c1-2-16(9-10-18)14(19)12-3-5-13(6-4-12)17-8-7-15-11-17/h3-8,11,18H,2,9-10H2,1H3. The van der Waals surface area contributed by atoms with E-state index in [1.165, 1.54) is 0 Å². The molecule has 0 aliphatic heterocycles. The Kier molecular flexibility index (Phi) is 4.30. The van der Waals surface area contributed by atoms with Gasteiger partial charge in [-0.2, -0.15) is 0 Å². The van der Waals surface area contributed by atoms with Crippen molar-refractivity contribution in [2.75, 3.05) is 19.7 Å². The van der Waals surface area contributed by atoms with Gasteiger partial charge >= 0.3 is 0 Å². The monoisotopic (exact) mass is 259 g/mol. The molecule has 2 aromatic rings. The van der Waals surface area contributed by atoms with Gasteiger partial charge in [0, 0.05) is 36.7 Å². The molecule has 19 heavy (non-hydrogen) atoms. The van der Waals surface area contributed by atoms with E-state index in [2.05, 4.69) is 4.98 Å². The van der Waals surface area contributed by atoms with Crippen LogP contribution in [-0.2, 0) is 0 Å². The number of amides is 1. The Balaban J connectivity index is 2.16. The van der Waals surface area contributed by atoms with E-state index in [1.54, 1.807) is 29.6 Å². The number of hydrogen-bond donors (Lipinski definition) is 1. The highest BCUT2D eigenvalue weighted by Gasteiger charge is 2.13. The first-order valence-corrected chi connectivity index (χ1v) is 6.24. The van der Waals surface area contributed by atoms with Crippen molar-refractivity contribution in [1.82, 2.24) is 14.5 Å². The summed E-state index contributed by atoms with van der Waals surface area (Å²) in [5.74, 6) is -0.0614. The van der Waals surface area contributed by atoms with Crippen molar-refractivity contribution in [1.29, 1.82) is 0 Å². The Morgan fingerprint density at radius 3 is 2.63 bits per heavy atom. The summed E-state index contributed by atoms with van der Waals surface area (Å²) in [5.41, 5.74) is 1.58. The van der Waals surface area contributed by atoms with Crippen molar-refractivity contribution in [3.05, 3.63) is 48.5 Å². The number of nitrogens with zero attached hydrogens (tertiary/aromatic N) is 3. The summed E-state index contributed by atoms with van der Waals surface area (Å²) in [7, 11) is 0. The molecule has 0 saturated carbocycles. The van der Waals surface area contributed by atoms with Gasteiger partial charge in [-0.1, -0.05) is 0 Å². The van der Waals surface area contributed by atoms with E-state index in [9.17, 15) is 4.79 Å². The number of imidazole rings is 1. The summed E-state index contributed by atoms with van der Waals surface area (Å²) in [6, 6.07) is 7.33. The third-order valence-corrected chi connectivity index (χ3v) is 2.96. The topological polar surface area (TPSA) is 58.4 Å². The summed E-state index contributed by atoms with van der Waals surface area (Å²) >= 11 is 0. The fourth-order valence-corrected chi connectivity index (χ4v) is 1.89. The molecule has 1 heterocycles. The molecule has 5 heteroatoms. The summed E-state index contributed by atoms with van der Waals surface area (Å²) in [5, 5.41) is 8.93. The van der Waals surface area contributed by atoms with Gasteiger partial charge in [0.1, 0.15) is 0 Å². The maximum absolute atomic E-state index is 12.2. The van der Waals surface area contributed by atoms with Crippen LogP contribution in [0.3, 0.4) is 0 Å². The SMILES string of the molecule is CCN(CCO)C(=O)c1ccc(-n2ccnc2)cc1. The molecule has 0 atom stereocenters. The molecule has 0 spiro atoms. The Bertz CT molecular complexity index is 520. The molecule has 0 bridgehead atoms. The van der Waals surface area contributed by atoms with E-state index < -0.39 is 0 Å². The van der Waals surface area contributed by atoms with Gasteiger partial charge < -0.3 is 14.6 Å². The number of rotatable bonds is 5. The molecule has 2 rings (SSSR count). The molecule has 0 fully saturated rings. The lowest BCUT2D eigenvalue weighted by atomic mass is 10.1. The van der Waals surface area contributed by atoms with Crippen LogP contribution in [0.4, 0.5) is 0 Å². The van der Waals surface area contributed by atoms with Crippen LogP contribution >= 0.6 is 0 Å². The van der Waals surface area contributed by atoms with Crippen LogP contribution in [0, 0.1) is 0 Å². The molecule has 0 aliphatic carbocycles. The van der Waals surface area contributed by atoms with E-state index in [1.807, 2.05) is 29.8 Å². The van der Waals surface area contributed by atoms with Gasteiger partial charge in [-0.05, 0) is 31.2 Å². The molecule has 100 valence electrons. The molecule has 0 aliphatic rings. The maximum atomic E-state index is 12.2. The summed E-state index contributed by atoms with van der Waals surface area (Å²) in [6.07, 6.45) is 5.26. The van der Waals surface area contributed by atoms with Crippen LogP contribution in [-0.4, -0.2) is 45.2 Å². The first kappa shape index (κ1) is 13.3. The quantitative estimate of drug-likeness (QED) is 0.881. The second kappa shape index (κ2) is 6.15. The molecular formula is C14H17N3O2. The van der Waals surface area contributed by atoms with Crippen LogP contribution < -0.4 is 0 Å². The van der Waals surface area contributed by atoms with Crippen molar-refractivity contribution >= 4 is 5.91 Å². The molecule has 1 amide bonds. The van der Waals surface area contributed by atoms with Crippen molar-refractivity contribution < 1.29 is 9.90 Å². The molecule has 0 radical (unpaired) electrons. The first-order chi connectivity index (χ1) is 9.26. The minimum Gasteiger partial charge on any atom is -0.395 e. The van der Waals surface area contributed by atoms with Gasteiger partial charge in [-0.3, -0.25) is 4.79 Å². The number of carbonyl (C=O) groups is 1. The minimum absolute atomic E-state index is 0.0211. The highest BCUT2D eigenvalue weighted by atomic mass is 16.3. The predicted molar refractivity (Wildman–Crippen MR) is 72.2 cm³/mol. The fourth-order valence-electron chi connectivity index (χ4n) is 1.89. The molecule has 5 nitrogen and oxygen atoms in total. The number of hydrogen-bond acceptors (Lipinski definition) is 3. The van der Waals surface area contributed by atoms with Gasteiger partial charge in [-0.25, -0.2) is 4.98 Å². The molecule has 1 N–H and O–H groups in total. The maximum Gasteiger partial charge on any atom is 0.253 e. The highest BCUT2D eigenvalue weighted by molar-refractivity contribution is 5.94. The van der Waals surface area contributed by atoms with Gasteiger partial charge in [0.25, 0.3) is 5.91 Å². The van der Waals surface area contributed by atoms with Gasteiger partial charge in [0.05, 0.1) is 12.9 Å². The zero-order valence-corrected chi connectivity index (χ0v) is 10.9. The fraction of sp³-hybridized carbons (Fsp3) is 0.286. The van der Waals surface area contributed by atoms with Crippen molar-refractivity contribution in [3.8, 4) is 5.69 Å². The average molecular weight is 259 g/mol. The van der Waals surface area contributed by atoms with Gasteiger partial charge in [-0.15, -0.1) is 0 Å². The number of aromatic nitrogens is 2. The van der Waals surface area contributed by atoms with E-state index in [0.29, 0.717) is 18.7 Å². The zero-order chi connectivity index (χ0) is 13.7. The summed E-state index contributed by atoms with van der Waals surface area (Å²) in [6.45, 7) is 2.82. The summed E-state index contributed by atoms with van der Waals surface area (Å²) < 4.78 is 1.87. The lowest BCUT2D eigenvalue weighted by Gasteiger charge is -2.19. The third-order valence-electron chi connectivity index (χ3n) is 2.96. The number of likely N-dealkylation sites (N-methyl/N-ethyl adjacent to an activating group) is 1. The lowest BCUT2D eigenvalue weighted by Crippen LogP contribution is -2.33. The predicted octanol–water partition coefficient (Wildman–Crippen LogP) is 1.33. The summed E-state index contributed by atoms with van der Waals surface area (Å²) in [4.78, 5) is 17.8. The Morgan fingerprint density at radius 1 is 1.37 bits per heavy atom. The van der Waals surface area contributed by atoms with E-state index in [0.717, 1.165) is 5.69 Å². The Morgan fingerprint density at radius 2 is 2.11 bits per heavy atom. The highest BCUT2D eigenvalue weighted by Crippen LogP contribution is 2.11. The second-order valence-electron chi connectivity index (χ2n) is 4.13. The third kappa shape index (κ3) is 3.00. The van der Waals surface area contributed by atoms with Gasteiger partial charge in [0.2, 0.25) is 0 Å². The minimum atomic E-state index is -0.0614. The van der Waals surface area contributed by atoms with E-state index in [4.69, 9.17) is 5.11 Å². The van der Waals surface area contributed by atoms with E-state index in [-0.39, 0.29) is 12.5 Å². The lowest BCUT2D eigenvalue weighted by molar-refractivity contribution is 0.0732. The largest absolute Gasteiger partial charge is 0.395 e. The first-order valence-electron chi connectivity index (χ1n) is 6.24. The number of aliphatic hydroxyl groups is 1. The molecule has 0 saturated heterocycles. The van der Waals surface area contributed by atoms with Crippen molar-refractivity contribution in [3.63, 3.8) is 0 Å². The molecule has 1 aromatic heterocycles. The molecular weight excluding hydrogens is 242 g/mol. The molecule has 1 aromatic carbocycles. The normalized spacial score (nSPS) is 10.4. The second-order valence-corrected chi connectivity index (χ2v) is 4.13. The van der Waals surface area contributed by atoms with Crippen LogP contribution in [0.1, 0.15) is 17.3 Å². The average Bonchev–Trinajstić information content (AvgIpc) is 2.98. The smallest absolute Gasteiger partial charge is 0.253 e. The Hall–Kier alpha value is -2.14. The van der Waals surface area contributed by atoms with E-state index >= 15 is 0 Å². The molecule has 0 unspecified atom stereocenters. The van der Waals surface area contributed by atoms with Gasteiger partial charge in [0.15, 0.2) is 0 Å². The van der Waals surface area contributed by atoms with Crippen LogP contribution in [0.5, 0.6) is 0 Å². The van der Waals surface area contributed by atoms with Crippen LogP contribution in [0.25, 0.3) is 5.69 Å². The van der Waals surface area contributed by atoms with Crippen molar-refractivity contribution in [2.45, 2.75) is 6.92 Å². The number of carbonyl (C=O) groups excluding carboxylic acids is 1. The van der Waals surface area contributed by atoms with Crippen LogP contribution in [0.2, 0.25) is 0 Å². The van der Waals surface area contributed by atoms with Crippen LogP contribution in [0.15, 0.2) is 43.0 Å². The Labute approximate surface area is 112 Å². The number of aliphatic hydroxyl groups excluding tert-OH is 1. The van der Waals surface area contributed by atoms with Crippen molar-refractivity contribution in [2.24, 2.45) is 0 Å². The zero-order valence-electron chi connectivity index (χ0n) is 10.9. The number of benzene rings is 1.